The van der Waals surface area contributed by atoms with Crippen LogP contribution in [0.15, 0.2) is 105 Å². The first-order valence-corrected chi connectivity index (χ1v) is 16.4. The van der Waals surface area contributed by atoms with Gasteiger partial charge in [-0.2, -0.15) is 0 Å². The minimum Gasteiger partial charge on any atom is -0.493 e. The molecule has 0 fully saturated rings. The molecule has 0 unspecified atom stereocenters. The Bertz CT molecular complexity index is 2140. The van der Waals surface area contributed by atoms with Gasteiger partial charge in [-0.1, -0.05) is 89.1 Å². The predicted octanol–water partition coefficient (Wildman–Crippen LogP) is 7.98. The lowest BCUT2D eigenvalue weighted by molar-refractivity contribution is 0.282. The van der Waals surface area contributed by atoms with Crippen molar-refractivity contribution in [1.29, 1.82) is 0 Å². The molecular weight excluding hydrogens is 679 g/mol. The van der Waals surface area contributed by atoms with E-state index in [2.05, 4.69) is 34.1 Å². The maximum Gasteiger partial charge on any atom is 0.271 e. The molecule has 7 rings (SSSR count). The van der Waals surface area contributed by atoms with Crippen molar-refractivity contribution in [3.05, 3.63) is 153 Å². The molecule has 0 saturated heterocycles. The summed E-state index contributed by atoms with van der Waals surface area (Å²) in [6.07, 6.45) is 3.61. The first-order chi connectivity index (χ1) is 21.4. The Hall–Kier alpha value is -3.62. The van der Waals surface area contributed by atoms with Crippen LogP contribution < -0.4 is 24.4 Å². The van der Waals surface area contributed by atoms with Crippen molar-refractivity contribution < 1.29 is 9.47 Å². The number of aryl methyl sites for hydroxylation is 1. The fourth-order valence-corrected chi connectivity index (χ4v) is 7.74. The number of nitrogens with zero attached hydrogens (tertiary/aromatic N) is 2. The Labute approximate surface area is 276 Å². The van der Waals surface area contributed by atoms with Crippen LogP contribution in [0.4, 0.5) is 0 Å². The summed E-state index contributed by atoms with van der Waals surface area (Å²) in [5.41, 5.74) is 7.10. The van der Waals surface area contributed by atoms with Crippen molar-refractivity contribution in [1.82, 2.24) is 4.57 Å². The monoisotopic (exact) mass is 702 g/mol. The third-order valence-corrected chi connectivity index (χ3v) is 10.1. The lowest BCUT2D eigenvalue weighted by Crippen LogP contribution is -2.38. The van der Waals surface area contributed by atoms with E-state index in [1.54, 1.807) is 7.11 Å². The summed E-state index contributed by atoms with van der Waals surface area (Å²) in [4.78, 5) is 19.9. The van der Waals surface area contributed by atoms with Gasteiger partial charge in [-0.05, 0) is 87.4 Å². The van der Waals surface area contributed by atoms with Crippen LogP contribution in [0.1, 0.15) is 40.3 Å². The van der Waals surface area contributed by atoms with E-state index in [-0.39, 0.29) is 18.2 Å². The first kappa shape index (κ1) is 29.1. The molecule has 0 amide bonds. The largest absolute Gasteiger partial charge is 0.493 e. The Morgan fingerprint density at radius 3 is 2.59 bits per heavy atom. The van der Waals surface area contributed by atoms with Gasteiger partial charge in [0.15, 0.2) is 16.3 Å². The highest BCUT2D eigenvalue weighted by Crippen LogP contribution is 2.41. The second-order valence-electron chi connectivity index (χ2n) is 10.6. The van der Waals surface area contributed by atoms with Gasteiger partial charge in [-0.25, -0.2) is 4.99 Å². The average Bonchev–Trinajstić information content (AvgIpc) is 3.34. The molecule has 9 heteroatoms. The second-order valence-corrected chi connectivity index (χ2v) is 13.3. The molecule has 44 heavy (non-hydrogen) atoms. The number of halogens is 3. The molecule has 1 aliphatic carbocycles. The van der Waals surface area contributed by atoms with E-state index in [1.165, 1.54) is 16.9 Å². The van der Waals surface area contributed by atoms with Crippen molar-refractivity contribution in [2.24, 2.45) is 4.99 Å². The zero-order valence-electron chi connectivity index (χ0n) is 23.5. The molecule has 1 aromatic heterocycles. The van der Waals surface area contributed by atoms with Gasteiger partial charge in [0.1, 0.15) is 6.61 Å². The topological polar surface area (TPSA) is 52.8 Å². The van der Waals surface area contributed by atoms with Crippen LogP contribution >= 0.6 is 50.5 Å². The molecule has 2 aliphatic rings. The van der Waals surface area contributed by atoms with Crippen molar-refractivity contribution in [3.8, 4) is 11.5 Å². The van der Waals surface area contributed by atoms with Crippen molar-refractivity contribution in [3.63, 3.8) is 0 Å². The molecule has 5 nitrogen and oxygen atoms in total. The van der Waals surface area contributed by atoms with Gasteiger partial charge >= 0.3 is 0 Å². The number of ether oxygens (including phenoxy) is 2. The Morgan fingerprint density at radius 1 is 1.02 bits per heavy atom. The normalized spacial score (nSPS) is 15.7. The van der Waals surface area contributed by atoms with Crippen LogP contribution in [-0.4, -0.2) is 11.7 Å². The molecule has 220 valence electrons. The number of rotatable bonds is 6. The van der Waals surface area contributed by atoms with E-state index in [0.717, 1.165) is 46.4 Å². The maximum atomic E-state index is 14.1. The molecule has 0 bridgehead atoms. The first-order valence-electron chi connectivity index (χ1n) is 14.0. The Kier molecular flexibility index (Phi) is 7.97. The number of fused-ring (bicyclic) bond motifs is 3. The van der Waals surface area contributed by atoms with Crippen molar-refractivity contribution in [2.45, 2.75) is 25.5 Å². The number of methoxy groups -OCH3 is 1. The standard InChI is InChI=1S/C35H25BrCl2N2O3S/c1-42-29-17-20(16-27(36)33(29)43-19-23-7-3-5-9-28(23)38)18-30-34(41)40-32(22-10-13-24(37)14-11-22)26-15-12-21-6-2-4-8-25(21)31(26)39-35(40)44-30/h2-11,13-14,16-18,32H,12,15,19H2,1H3/b30-18+/t32-/m1/s1. The lowest BCUT2D eigenvalue weighted by atomic mass is 9.83. The summed E-state index contributed by atoms with van der Waals surface area (Å²) >= 11 is 17.6. The van der Waals surface area contributed by atoms with Crippen molar-refractivity contribution in [2.75, 3.05) is 7.11 Å². The van der Waals surface area contributed by atoms with E-state index in [1.807, 2.05) is 77.4 Å². The molecule has 0 saturated carbocycles. The summed E-state index contributed by atoms with van der Waals surface area (Å²) in [6, 6.07) is 27.2. The molecule has 5 aromatic rings. The predicted molar refractivity (Wildman–Crippen MR) is 181 cm³/mol. The van der Waals surface area contributed by atoms with Gasteiger partial charge in [0, 0.05) is 21.2 Å². The number of hydrogen-bond donors (Lipinski definition) is 0. The highest BCUT2D eigenvalue weighted by atomic mass is 79.9. The Balaban J connectivity index is 1.33. The summed E-state index contributed by atoms with van der Waals surface area (Å²) in [5.74, 6) is 1.09. The Morgan fingerprint density at radius 2 is 1.80 bits per heavy atom. The van der Waals surface area contributed by atoms with E-state index in [0.29, 0.717) is 35.4 Å². The maximum absolute atomic E-state index is 14.1. The van der Waals surface area contributed by atoms with Crippen LogP contribution in [0.3, 0.4) is 0 Å². The molecular formula is C35H25BrCl2N2O3S. The van der Waals surface area contributed by atoms with E-state index < -0.39 is 0 Å². The molecule has 0 spiro atoms. The second kappa shape index (κ2) is 12.1. The number of thiazole rings is 1. The zero-order chi connectivity index (χ0) is 30.4. The zero-order valence-corrected chi connectivity index (χ0v) is 27.4. The average molecular weight is 704 g/mol. The summed E-state index contributed by atoms with van der Waals surface area (Å²) in [6.45, 7) is 0.283. The fraction of sp³-hybridized carbons (Fsp3) is 0.143. The van der Waals surface area contributed by atoms with Gasteiger partial charge in [0.05, 0.1) is 27.9 Å². The molecule has 0 N–H and O–H groups in total. The minimum absolute atomic E-state index is 0.0896. The number of aromatic nitrogens is 1. The SMILES string of the molecule is COc1cc(/C=c2/sc3n(c2=O)[C@H](c2ccc(Cl)cc2)C2=C(N=3)c3ccccc3CC2)cc(Br)c1OCc1ccccc1Cl. The smallest absolute Gasteiger partial charge is 0.271 e. The van der Waals surface area contributed by atoms with Gasteiger partial charge < -0.3 is 9.47 Å². The van der Waals surface area contributed by atoms with Gasteiger partial charge in [0.2, 0.25) is 0 Å². The van der Waals surface area contributed by atoms with E-state index in [9.17, 15) is 4.79 Å². The van der Waals surface area contributed by atoms with E-state index in [4.69, 9.17) is 37.7 Å². The summed E-state index contributed by atoms with van der Waals surface area (Å²) in [5, 5.41) is 1.29. The number of allylic oxidation sites excluding steroid dienone is 1. The van der Waals surface area contributed by atoms with Gasteiger partial charge in [-0.15, -0.1) is 0 Å². The molecule has 0 radical (unpaired) electrons. The highest BCUT2D eigenvalue weighted by Gasteiger charge is 2.32. The summed E-state index contributed by atoms with van der Waals surface area (Å²) < 4.78 is 14.9. The van der Waals surface area contributed by atoms with E-state index >= 15 is 0 Å². The molecule has 1 atom stereocenters. The minimum atomic E-state index is -0.268. The highest BCUT2D eigenvalue weighted by molar-refractivity contribution is 9.10. The fourth-order valence-electron chi connectivity index (χ4n) is 5.85. The van der Waals surface area contributed by atoms with Gasteiger partial charge in [-0.3, -0.25) is 9.36 Å². The quantitative estimate of drug-likeness (QED) is 0.180. The number of hydrogen-bond acceptors (Lipinski definition) is 5. The molecule has 2 heterocycles. The number of benzene rings is 4. The van der Waals surface area contributed by atoms with Gasteiger partial charge in [0.25, 0.3) is 5.56 Å². The van der Waals surface area contributed by atoms with Crippen LogP contribution in [0.5, 0.6) is 11.5 Å². The van der Waals surface area contributed by atoms with Crippen LogP contribution in [-0.2, 0) is 13.0 Å². The third-order valence-electron chi connectivity index (χ3n) is 7.94. The lowest BCUT2D eigenvalue weighted by Gasteiger charge is -2.30. The van der Waals surface area contributed by atoms with Crippen LogP contribution in [0.25, 0.3) is 11.8 Å². The van der Waals surface area contributed by atoms with Crippen LogP contribution in [0.2, 0.25) is 10.0 Å². The molecule has 4 aromatic carbocycles. The third kappa shape index (κ3) is 5.32. The molecule has 1 aliphatic heterocycles. The van der Waals surface area contributed by atoms with Crippen LogP contribution in [0, 0.1) is 0 Å². The van der Waals surface area contributed by atoms with Crippen molar-refractivity contribution >= 4 is 62.2 Å². The summed E-state index contributed by atoms with van der Waals surface area (Å²) in [7, 11) is 1.59.